The van der Waals surface area contributed by atoms with Gasteiger partial charge in [0.1, 0.15) is 4.32 Å². The summed E-state index contributed by atoms with van der Waals surface area (Å²) in [6, 6.07) is 6.07. The van der Waals surface area contributed by atoms with E-state index in [2.05, 4.69) is 4.98 Å². The van der Waals surface area contributed by atoms with Crippen LogP contribution in [-0.4, -0.2) is 26.7 Å². The summed E-state index contributed by atoms with van der Waals surface area (Å²) in [5.41, 5.74) is 1.96. The Morgan fingerprint density at radius 2 is 2.25 bits per heavy atom. The number of aromatic nitrogens is 1. The van der Waals surface area contributed by atoms with Gasteiger partial charge in [-0.1, -0.05) is 30.0 Å². The van der Waals surface area contributed by atoms with Gasteiger partial charge in [0.05, 0.1) is 20.1 Å². The highest BCUT2D eigenvalue weighted by molar-refractivity contribution is 8.26. The van der Waals surface area contributed by atoms with E-state index in [1.165, 1.54) is 16.5 Å². The standard InChI is InChI=1S/C14H12N2OS3/c1-3-16-13(17)12(20-14(16)18)7-9-4-5-11-10(6-9)15-8(2)19-11/h4-7H,3H2,1-2H3/b12-7-. The third-order valence-electron chi connectivity index (χ3n) is 3.01. The number of fused-ring (bicyclic) bond motifs is 1. The van der Waals surface area contributed by atoms with E-state index in [4.69, 9.17) is 12.2 Å². The lowest BCUT2D eigenvalue weighted by atomic mass is 10.2. The number of hydrogen-bond acceptors (Lipinski definition) is 5. The lowest BCUT2D eigenvalue weighted by molar-refractivity contribution is -0.121. The molecule has 0 N–H and O–H groups in total. The molecule has 1 aliphatic rings. The Labute approximate surface area is 130 Å². The van der Waals surface area contributed by atoms with Gasteiger partial charge in [-0.25, -0.2) is 4.98 Å². The highest BCUT2D eigenvalue weighted by Gasteiger charge is 2.30. The van der Waals surface area contributed by atoms with Crippen LogP contribution in [0.25, 0.3) is 16.3 Å². The number of aryl methyl sites for hydroxylation is 1. The van der Waals surface area contributed by atoms with E-state index in [0.717, 1.165) is 16.1 Å². The minimum absolute atomic E-state index is 0.00273. The first-order valence-electron chi connectivity index (χ1n) is 6.21. The topological polar surface area (TPSA) is 33.2 Å². The van der Waals surface area contributed by atoms with Crippen molar-refractivity contribution >= 4 is 61.8 Å². The first-order chi connectivity index (χ1) is 9.58. The molecule has 1 fully saturated rings. The molecule has 0 aliphatic carbocycles. The van der Waals surface area contributed by atoms with Crippen molar-refractivity contribution in [1.29, 1.82) is 0 Å². The molecule has 0 saturated carbocycles. The van der Waals surface area contributed by atoms with Crippen LogP contribution in [0.3, 0.4) is 0 Å². The van der Waals surface area contributed by atoms with Gasteiger partial charge in [-0.05, 0) is 37.6 Å². The number of carbonyl (C=O) groups excluding carboxylic acids is 1. The van der Waals surface area contributed by atoms with Crippen LogP contribution in [0.5, 0.6) is 0 Å². The molecule has 1 aromatic carbocycles. The van der Waals surface area contributed by atoms with Gasteiger partial charge in [0.15, 0.2) is 0 Å². The van der Waals surface area contributed by atoms with Crippen LogP contribution in [0, 0.1) is 6.92 Å². The maximum absolute atomic E-state index is 12.2. The number of nitrogens with zero attached hydrogens (tertiary/aromatic N) is 2. The lowest BCUT2D eigenvalue weighted by Crippen LogP contribution is -2.27. The quantitative estimate of drug-likeness (QED) is 0.622. The Bertz CT molecular complexity index is 748. The molecule has 0 spiro atoms. The van der Waals surface area contributed by atoms with E-state index < -0.39 is 0 Å². The van der Waals surface area contributed by atoms with Gasteiger partial charge in [-0.2, -0.15) is 0 Å². The van der Waals surface area contributed by atoms with E-state index in [0.29, 0.717) is 15.8 Å². The second-order valence-electron chi connectivity index (χ2n) is 4.39. The normalized spacial score (nSPS) is 17.7. The highest BCUT2D eigenvalue weighted by atomic mass is 32.2. The molecule has 6 heteroatoms. The zero-order valence-corrected chi connectivity index (χ0v) is 13.5. The Morgan fingerprint density at radius 1 is 1.45 bits per heavy atom. The second-order valence-corrected chi connectivity index (χ2v) is 7.30. The SMILES string of the molecule is CCN1C(=O)/C(=C/c2ccc3sc(C)nc3c2)SC1=S. The van der Waals surface area contributed by atoms with Crippen molar-refractivity contribution in [3.8, 4) is 0 Å². The number of thiocarbonyl (C=S) groups is 1. The summed E-state index contributed by atoms with van der Waals surface area (Å²) in [6.07, 6.45) is 1.89. The number of likely N-dealkylation sites (N-methyl/N-ethyl adjacent to an activating group) is 1. The molecule has 0 radical (unpaired) electrons. The number of amides is 1. The lowest BCUT2D eigenvalue weighted by Gasteiger charge is -2.09. The van der Waals surface area contributed by atoms with Crippen LogP contribution >= 0.6 is 35.3 Å². The second kappa shape index (κ2) is 5.27. The highest BCUT2D eigenvalue weighted by Crippen LogP contribution is 2.33. The maximum atomic E-state index is 12.2. The van der Waals surface area contributed by atoms with Crippen molar-refractivity contribution in [1.82, 2.24) is 9.88 Å². The molecule has 1 saturated heterocycles. The third-order valence-corrected chi connectivity index (χ3v) is 5.34. The van der Waals surface area contributed by atoms with Crippen molar-refractivity contribution in [3.63, 3.8) is 0 Å². The molecule has 102 valence electrons. The van der Waals surface area contributed by atoms with E-state index >= 15 is 0 Å². The number of thiazole rings is 1. The van der Waals surface area contributed by atoms with Crippen LogP contribution in [0.2, 0.25) is 0 Å². The zero-order valence-electron chi connectivity index (χ0n) is 11.0. The Kier molecular flexibility index (Phi) is 3.62. The Balaban J connectivity index is 1.98. The van der Waals surface area contributed by atoms with Crippen molar-refractivity contribution in [2.45, 2.75) is 13.8 Å². The molecule has 0 atom stereocenters. The van der Waals surface area contributed by atoms with Crippen LogP contribution in [0.4, 0.5) is 0 Å². The Hall–Kier alpha value is -1.24. The fourth-order valence-corrected chi connectivity index (χ4v) is 4.27. The average Bonchev–Trinajstić information content (AvgIpc) is 2.89. The number of thioether (sulfide) groups is 1. The molecular formula is C14H12N2OS3. The summed E-state index contributed by atoms with van der Waals surface area (Å²) in [6.45, 7) is 4.54. The Morgan fingerprint density at radius 3 is 2.95 bits per heavy atom. The van der Waals surface area contributed by atoms with E-state index in [9.17, 15) is 4.79 Å². The monoisotopic (exact) mass is 320 g/mol. The first-order valence-corrected chi connectivity index (χ1v) is 8.25. The van der Waals surface area contributed by atoms with Gasteiger partial charge in [-0.3, -0.25) is 9.69 Å². The molecule has 20 heavy (non-hydrogen) atoms. The predicted molar refractivity (Wildman–Crippen MR) is 89.9 cm³/mol. The van der Waals surface area contributed by atoms with Crippen molar-refractivity contribution < 1.29 is 4.79 Å². The minimum Gasteiger partial charge on any atom is -0.293 e. The van der Waals surface area contributed by atoms with Crippen LogP contribution in [-0.2, 0) is 4.79 Å². The number of carbonyl (C=O) groups is 1. The van der Waals surface area contributed by atoms with Crippen LogP contribution < -0.4 is 0 Å². The molecule has 3 rings (SSSR count). The van der Waals surface area contributed by atoms with Gasteiger partial charge in [0, 0.05) is 6.54 Å². The first kappa shape index (κ1) is 13.7. The van der Waals surface area contributed by atoms with Gasteiger partial charge in [0.25, 0.3) is 5.91 Å². The third kappa shape index (κ3) is 2.39. The molecular weight excluding hydrogens is 308 g/mol. The van der Waals surface area contributed by atoms with Crippen molar-refractivity contribution in [2.75, 3.05) is 6.54 Å². The van der Waals surface area contributed by atoms with Gasteiger partial charge < -0.3 is 0 Å². The average molecular weight is 320 g/mol. The van der Waals surface area contributed by atoms with Crippen LogP contribution in [0.15, 0.2) is 23.1 Å². The number of hydrogen-bond donors (Lipinski definition) is 0. The van der Waals surface area contributed by atoms with E-state index in [-0.39, 0.29) is 5.91 Å². The van der Waals surface area contributed by atoms with Crippen LogP contribution in [0.1, 0.15) is 17.5 Å². The number of benzene rings is 1. The van der Waals surface area contributed by atoms with Gasteiger partial charge in [0.2, 0.25) is 0 Å². The molecule has 2 heterocycles. The summed E-state index contributed by atoms with van der Waals surface area (Å²) < 4.78 is 1.80. The fraction of sp³-hybridized carbons (Fsp3) is 0.214. The van der Waals surface area contributed by atoms with E-state index in [1.807, 2.05) is 38.1 Å². The molecule has 3 nitrogen and oxygen atoms in total. The molecule has 0 unspecified atom stereocenters. The molecule has 1 aliphatic heterocycles. The fourth-order valence-electron chi connectivity index (χ4n) is 2.07. The summed E-state index contributed by atoms with van der Waals surface area (Å²) in [5, 5.41) is 1.05. The van der Waals surface area contributed by atoms with Gasteiger partial charge >= 0.3 is 0 Å². The van der Waals surface area contributed by atoms with Crippen molar-refractivity contribution in [3.05, 3.63) is 33.7 Å². The summed E-state index contributed by atoms with van der Waals surface area (Å²) in [7, 11) is 0. The molecule has 1 amide bonds. The molecule has 0 bridgehead atoms. The molecule has 2 aromatic rings. The number of rotatable bonds is 2. The predicted octanol–water partition coefficient (Wildman–Crippen LogP) is 3.83. The summed E-state index contributed by atoms with van der Waals surface area (Å²) in [4.78, 5) is 18.9. The van der Waals surface area contributed by atoms with Gasteiger partial charge in [-0.15, -0.1) is 11.3 Å². The summed E-state index contributed by atoms with van der Waals surface area (Å²) >= 11 is 8.25. The summed E-state index contributed by atoms with van der Waals surface area (Å²) in [5.74, 6) is -0.00273. The minimum atomic E-state index is -0.00273. The smallest absolute Gasteiger partial charge is 0.266 e. The van der Waals surface area contributed by atoms with E-state index in [1.54, 1.807) is 16.2 Å². The van der Waals surface area contributed by atoms with Crippen molar-refractivity contribution in [2.24, 2.45) is 0 Å². The molecule has 1 aromatic heterocycles. The maximum Gasteiger partial charge on any atom is 0.266 e. The zero-order chi connectivity index (χ0) is 14.3. The largest absolute Gasteiger partial charge is 0.293 e.